The van der Waals surface area contributed by atoms with Crippen LogP contribution >= 0.6 is 0 Å². The molecule has 2 saturated heterocycles. The lowest BCUT2D eigenvalue weighted by atomic mass is 9.78. The SMILES string of the molecule is O=C(Cn1cccn1)N1CCC2(CC1)CC(CCOc1ccc(F)cc1)CCO2. The number of piperidine rings is 1. The Kier molecular flexibility index (Phi) is 6.13. The Balaban J connectivity index is 1.23. The molecular weight excluding hydrogens is 373 g/mol. The molecule has 2 aliphatic heterocycles. The van der Waals surface area contributed by atoms with Gasteiger partial charge in [-0.25, -0.2) is 4.39 Å². The number of amides is 1. The smallest absolute Gasteiger partial charge is 0.244 e. The molecule has 2 aromatic rings. The molecular formula is C22H28FN3O3. The van der Waals surface area contributed by atoms with Gasteiger partial charge in [0.05, 0.1) is 12.2 Å². The van der Waals surface area contributed by atoms with Crippen molar-refractivity contribution in [2.45, 2.75) is 44.2 Å². The van der Waals surface area contributed by atoms with Gasteiger partial charge in [-0.05, 0) is 68.4 Å². The molecule has 2 fully saturated rings. The lowest BCUT2D eigenvalue weighted by Crippen LogP contribution is -2.51. The fourth-order valence-corrected chi connectivity index (χ4v) is 4.39. The number of carbonyl (C=O) groups excluding carboxylic acids is 1. The Hall–Kier alpha value is -2.41. The van der Waals surface area contributed by atoms with Crippen LogP contribution in [0.25, 0.3) is 0 Å². The number of hydrogen-bond acceptors (Lipinski definition) is 4. The third-order valence-electron chi connectivity index (χ3n) is 6.09. The van der Waals surface area contributed by atoms with Crippen LogP contribution in [0.1, 0.15) is 32.1 Å². The highest BCUT2D eigenvalue weighted by Gasteiger charge is 2.41. The lowest BCUT2D eigenvalue weighted by Gasteiger charge is -2.46. The minimum Gasteiger partial charge on any atom is -0.494 e. The topological polar surface area (TPSA) is 56.6 Å². The van der Waals surface area contributed by atoms with Crippen molar-refractivity contribution in [1.29, 1.82) is 0 Å². The largest absolute Gasteiger partial charge is 0.494 e. The van der Waals surface area contributed by atoms with Gasteiger partial charge in [-0.1, -0.05) is 0 Å². The number of aromatic nitrogens is 2. The van der Waals surface area contributed by atoms with Gasteiger partial charge in [-0.15, -0.1) is 0 Å². The predicted octanol–water partition coefficient (Wildman–Crippen LogP) is 3.28. The summed E-state index contributed by atoms with van der Waals surface area (Å²) in [4.78, 5) is 14.4. The number of nitrogens with zero attached hydrogens (tertiary/aromatic N) is 3. The van der Waals surface area contributed by atoms with E-state index in [4.69, 9.17) is 9.47 Å². The van der Waals surface area contributed by atoms with E-state index in [9.17, 15) is 9.18 Å². The Morgan fingerprint density at radius 3 is 2.79 bits per heavy atom. The molecule has 1 aromatic heterocycles. The van der Waals surface area contributed by atoms with Crippen LogP contribution < -0.4 is 4.74 Å². The average molecular weight is 401 g/mol. The Morgan fingerprint density at radius 1 is 1.28 bits per heavy atom. The van der Waals surface area contributed by atoms with E-state index in [1.165, 1.54) is 12.1 Å². The van der Waals surface area contributed by atoms with E-state index in [0.717, 1.165) is 51.8 Å². The molecule has 4 rings (SSSR count). The maximum Gasteiger partial charge on any atom is 0.244 e. The lowest BCUT2D eigenvalue weighted by molar-refractivity contribution is -0.148. The summed E-state index contributed by atoms with van der Waals surface area (Å²) < 4.78 is 26.6. The fraction of sp³-hybridized carbons (Fsp3) is 0.545. The summed E-state index contributed by atoms with van der Waals surface area (Å²) in [6.07, 6.45) is 8.28. The summed E-state index contributed by atoms with van der Waals surface area (Å²) in [5.41, 5.74) is -0.110. The summed E-state index contributed by atoms with van der Waals surface area (Å²) in [6, 6.07) is 7.99. The molecule has 156 valence electrons. The first-order chi connectivity index (χ1) is 14.1. The zero-order valence-corrected chi connectivity index (χ0v) is 16.6. The summed E-state index contributed by atoms with van der Waals surface area (Å²) in [5, 5.41) is 4.11. The van der Waals surface area contributed by atoms with E-state index in [0.29, 0.717) is 24.8 Å². The van der Waals surface area contributed by atoms with Crippen molar-refractivity contribution in [3.63, 3.8) is 0 Å². The number of ether oxygens (including phenoxy) is 2. The first kappa shape index (κ1) is 19.9. The van der Waals surface area contributed by atoms with Crippen molar-refractivity contribution in [2.75, 3.05) is 26.3 Å². The van der Waals surface area contributed by atoms with Gasteiger partial charge in [0.1, 0.15) is 18.1 Å². The van der Waals surface area contributed by atoms with Crippen LogP contribution in [0.2, 0.25) is 0 Å². The molecule has 1 amide bonds. The molecule has 0 radical (unpaired) electrons. The van der Waals surface area contributed by atoms with Crippen molar-refractivity contribution in [3.8, 4) is 5.75 Å². The highest BCUT2D eigenvalue weighted by atomic mass is 19.1. The maximum absolute atomic E-state index is 13.0. The Bertz CT molecular complexity index is 786. The van der Waals surface area contributed by atoms with Crippen molar-refractivity contribution in [1.82, 2.24) is 14.7 Å². The molecule has 2 aliphatic rings. The molecule has 0 saturated carbocycles. The molecule has 7 heteroatoms. The van der Waals surface area contributed by atoms with Crippen LogP contribution in [0, 0.1) is 11.7 Å². The summed E-state index contributed by atoms with van der Waals surface area (Å²) >= 11 is 0. The van der Waals surface area contributed by atoms with Crippen LogP contribution in [0.3, 0.4) is 0 Å². The molecule has 6 nitrogen and oxygen atoms in total. The Morgan fingerprint density at radius 2 is 2.07 bits per heavy atom. The maximum atomic E-state index is 13.0. The number of likely N-dealkylation sites (tertiary alicyclic amines) is 1. The van der Waals surface area contributed by atoms with E-state index in [1.54, 1.807) is 23.0 Å². The van der Waals surface area contributed by atoms with Crippen molar-refractivity contribution < 1.29 is 18.7 Å². The van der Waals surface area contributed by atoms with Gasteiger partial charge in [0.15, 0.2) is 0 Å². The fourth-order valence-electron chi connectivity index (χ4n) is 4.39. The van der Waals surface area contributed by atoms with Gasteiger partial charge in [-0.3, -0.25) is 9.48 Å². The molecule has 0 aliphatic carbocycles. The predicted molar refractivity (Wildman–Crippen MR) is 106 cm³/mol. The summed E-state index contributed by atoms with van der Waals surface area (Å²) in [7, 11) is 0. The first-order valence-electron chi connectivity index (χ1n) is 10.4. The van der Waals surface area contributed by atoms with E-state index in [-0.39, 0.29) is 17.3 Å². The highest BCUT2D eigenvalue weighted by Crippen LogP contribution is 2.38. The summed E-state index contributed by atoms with van der Waals surface area (Å²) in [6.45, 7) is 3.16. The van der Waals surface area contributed by atoms with Gasteiger partial charge < -0.3 is 14.4 Å². The molecule has 1 unspecified atom stereocenters. The van der Waals surface area contributed by atoms with E-state index >= 15 is 0 Å². The second-order valence-corrected chi connectivity index (χ2v) is 8.07. The third kappa shape index (κ3) is 5.15. The first-order valence-corrected chi connectivity index (χ1v) is 10.4. The second-order valence-electron chi connectivity index (χ2n) is 8.07. The number of carbonyl (C=O) groups is 1. The minimum absolute atomic E-state index is 0.110. The van der Waals surface area contributed by atoms with Gasteiger partial charge in [-0.2, -0.15) is 5.10 Å². The van der Waals surface area contributed by atoms with Crippen LogP contribution in [-0.4, -0.2) is 52.5 Å². The molecule has 1 aromatic carbocycles. The van der Waals surface area contributed by atoms with Crippen LogP contribution in [0.15, 0.2) is 42.7 Å². The second kappa shape index (κ2) is 8.95. The zero-order chi connectivity index (χ0) is 20.1. The van der Waals surface area contributed by atoms with Crippen molar-refractivity contribution in [3.05, 3.63) is 48.5 Å². The van der Waals surface area contributed by atoms with Gasteiger partial charge in [0, 0.05) is 32.1 Å². The van der Waals surface area contributed by atoms with E-state index < -0.39 is 0 Å². The van der Waals surface area contributed by atoms with Gasteiger partial charge >= 0.3 is 0 Å². The van der Waals surface area contributed by atoms with Crippen LogP contribution in [0.4, 0.5) is 4.39 Å². The normalized spacial score (nSPS) is 21.3. The number of benzene rings is 1. The molecule has 0 bridgehead atoms. The quantitative estimate of drug-likeness (QED) is 0.745. The number of rotatable bonds is 6. The number of hydrogen-bond donors (Lipinski definition) is 0. The van der Waals surface area contributed by atoms with Gasteiger partial charge in [0.2, 0.25) is 5.91 Å². The molecule has 3 heterocycles. The van der Waals surface area contributed by atoms with Crippen molar-refractivity contribution >= 4 is 5.91 Å². The number of halogens is 1. The minimum atomic E-state index is -0.252. The van der Waals surface area contributed by atoms with Crippen LogP contribution in [0.5, 0.6) is 5.75 Å². The van der Waals surface area contributed by atoms with Gasteiger partial charge in [0.25, 0.3) is 0 Å². The molecule has 1 spiro atoms. The standard InChI is InChI=1S/C22H28FN3O3/c23-19-2-4-20(5-3-19)28-14-6-18-7-15-29-22(16-18)8-12-25(13-9-22)21(27)17-26-11-1-10-24-26/h1-5,10-11,18H,6-9,12-17H2. The van der Waals surface area contributed by atoms with E-state index in [1.807, 2.05) is 17.2 Å². The monoisotopic (exact) mass is 401 g/mol. The Labute approximate surface area is 170 Å². The van der Waals surface area contributed by atoms with Crippen LogP contribution in [-0.2, 0) is 16.1 Å². The van der Waals surface area contributed by atoms with Crippen molar-refractivity contribution in [2.24, 2.45) is 5.92 Å². The average Bonchev–Trinajstić information content (AvgIpc) is 3.23. The highest BCUT2D eigenvalue weighted by molar-refractivity contribution is 5.76. The van der Waals surface area contributed by atoms with E-state index in [2.05, 4.69) is 5.10 Å². The molecule has 0 N–H and O–H groups in total. The molecule has 1 atom stereocenters. The third-order valence-corrected chi connectivity index (χ3v) is 6.09. The molecule has 29 heavy (non-hydrogen) atoms. The summed E-state index contributed by atoms with van der Waals surface area (Å²) in [5.74, 6) is 1.12. The zero-order valence-electron chi connectivity index (χ0n) is 16.6.